The Labute approximate surface area is 92.7 Å². The highest BCUT2D eigenvalue weighted by molar-refractivity contribution is 6.56. The summed E-state index contributed by atoms with van der Waals surface area (Å²) in [5.41, 5.74) is 0. The molecule has 0 unspecified atom stereocenters. The van der Waals surface area contributed by atoms with Gasteiger partial charge in [-0.25, -0.2) is 0 Å². The maximum absolute atomic E-state index is 10.4. The monoisotopic (exact) mass is 253 g/mol. The smallest absolute Gasteiger partial charge is 0.480 e. The molecule has 0 rings (SSSR count). The van der Waals surface area contributed by atoms with E-state index in [0.29, 0.717) is 0 Å². The van der Waals surface area contributed by atoms with Crippen LogP contribution in [0, 0.1) is 0 Å². The molecule has 94 valence electrons. The molecule has 0 radical (unpaired) electrons. The first kappa shape index (κ1) is 15.0. The van der Waals surface area contributed by atoms with Gasteiger partial charge in [0, 0.05) is 6.04 Å². The van der Waals surface area contributed by atoms with Gasteiger partial charge in [-0.3, -0.25) is 14.5 Å². The van der Waals surface area contributed by atoms with Crippen molar-refractivity contribution in [1.82, 2.24) is 4.90 Å². The van der Waals surface area contributed by atoms with Crippen LogP contribution in [-0.4, -0.2) is 69.9 Å². The largest absolute Gasteiger partial charge is 0.492 e. The molecule has 9 heteroatoms. The summed E-state index contributed by atoms with van der Waals surface area (Å²) in [4.78, 5) is 48.0. The van der Waals surface area contributed by atoms with Gasteiger partial charge in [-0.05, 0) is 13.0 Å². The van der Waals surface area contributed by atoms with Crippen LogP contribution < -0.4 is 0 Å². The first-order valence-corrected chi connectivity index (χ1v) is 6.58. The Morgan fingerprint density at radius 1 is 1.00 bits per heavy atom. The zero-order valence-corrected chi connectivity index (χ0v) is 9.54. The predicted molar refractivity (Wildman–Crippen MR) is 53.5 cm³/mol. The van der Waals surface area contributed by atoms with E-state index in [0.717, 1.165) is 4.90 Å². The maximum Gasteiger partial charge on any atom is 0.492 e. The van der Waals surface area contributed by atoms with Gasteiger partial charge in [0.25, 0.3) is 0 Å². The minimum Gasteiger partial charge on any atom is -0.480 e. The van der Waals surface area contributed by atoms with Crippen molar-refractivity contribution >= 4 is 20.7 Å². The molecule has 0 bridgehead atoms. The summed E-state index contributed by atoms with van der Waals surface area (Å²) in [5.74, 6) is -2.33. The molecule has 0 aromatic rings. The minimum absolute atomic E-state index is 0.0645. The Balaban J connectivity index is 4.01. The van der Waals surface area contributed by atoms with Crippen LogP contribution in [-0.2, 0) is 9.59 Å². The van der Waals surface area contributed by atoms with E-state index in [1.807, 2.05) is 0 Å². The Kier molecular flexibility index (Phi) is 6.14. The van der Waals surface area contributed by atoms with Crippen molar-refractivity contribution in [3.8, 4) is 0 Å². The van der Waals surface area contributed by atoms with Gasteiger partial charge in [-0.1, -0.05) is 0 Å². The van der Waals surface area contributed by atoms with E-state index in [9.17, 15) is 9.59 Å². The van der Waals surface area contributed by atoms with Crippen molar-refractivity contribution in [2.45, 2.75) is 12.5 Å². The van der Waals surface area contributed by atoms with Gasteiger partial charge in [-0.15, -0.1) is 0 Å². The van der Waals surface area contributed by atoms with Crippen molar-refractivity contribution in [2.75, 3.05) is 19.6 Å². The van der Waals surface area contributed by atoms with Crippen molar-refractivity contribution in [2.24, 2.45) is 0 Å². The van der Waals surface area contributed by atoms with Gasteiger partial charge in [-0.2, -0.15) is 0 Å². The van der Waals surface area contributed by atoms with E-state index in [-0.39, 0.29) is 19.0 Å². The van der Waals surface area contributed by atoms with E-state index in [4.69, 9.17) is 24.6 Å². The lowest BCUT2D eigenvalue weighted by Gasteiger charge is -2.18. The molecule has 0 fully saturated rings. The van der Waals surface area contributed by atoms with Gasteiger partial charge < -0.3 is 24.6 Å². The van der Waals surface area contributed by atoms with Crippen LogP contribution in [0.5, 0.6) is 0 Å². The second-order valence-corrected chi connectivity index (χ2v) is 5.42. The van der Waals surface area contributed by atoms with Crippen LogP contribution in [0.2, 0.25) is 6.04 Å². The van der Waals surface area contributed by atoms with E-state index in [2.05, 4.69) is 0 Å². The highest BCUT2D eigenvalue weighted by Gasteiger charge is 2.26. The van der Waals surface area contributed by atoms with Gasteiger partial charge in [0.05, 0.1) is 13.1 Å². The van der Waals surface area contributed by atoms with Crippen LogP contribution in [0.4, 0.5) is 0 Å². The number of carbonyl (C=O) groups is 2. The molecular weight excluding hydrogens is 238 g/mol. The molecule has 16 heavy (non-hydrogen) atoms. The second kappa shape index (κ2) is 6.55. The first-order valence-electron chi connectivity index (χ1n) is 4.54. The van der Waals surface area contributed by atoms with E-state index in [1.54, 1.807) is 0 Å². The van der Waals surface area contributed by atoms with E-state index < -0.39 is 33.8 Å². The van der Waals surface area contributed by atoms with E-state index >= 15 is 0 Å². The molecule has 0 spiro atoms. The van der Waals surface area contributed by atoms with Crippen LogP contribution in [0.25, 0.3) is 0 Å². The fourth-order valence-corrected chi connectivity index (χ4v) is 1.77. The topological polar surface area (TPSA) is 139 Å². The molecule has 5 N–H and O–H groups in total. The Bertz CT molecular complexity index is 236. The third kappa shape index (κ3) is 9.55. The Hall–Kier alpha value is -1.00. The number of hydrogen-bond acceptors (Lipinski definition) is 6. The van der Waals surface area contributed by atoms with Crippen molar-refractivity contribution in [3.05, 3.63) is 0 Å². The molecule has 0 saturated heterocycles. The third-order valence-corrected chi connectivity index (χ3v) is 2.73. The van der Waals surface area contributed by atoms with Gasteiger partial charge in [0.15, 0.2) is 0 Å². The zero-order chi connectivity index (χ0) is 12.8. The van der Waals surface area contributed by atoms with Crippen LogP contribution in [0.1, 0.15) is 6.42 Å². The van der Waals surface area contributed by atoms with Crippen LogP contribution >= 0.6 is 0 Å². The molecule has 0 aromatic carbocycles. The van der Waals surface area contributed by atoms with Crippen LogP contribution in [0.3, 0.4) is 0 Å². The molecule has 0 aliphatic rings. The maximum atomic E-state index is 10.4. The molecule has 0 heterocycles. The third-order valence-electron chi connectivity index (χ3n) is 1.70. The summed E-state index contributed by atoms with van der Waals surface area (Å²) in [6, 6.07) is -0.247. The number of carboxylic acid groups (broad SMARTS) is 2. The average Bonchev–Trinajstić information content (AvgIpc) is 1.98. The molecule has 0 aliphatic carbocycles. The molecule has 0 aromatic heterocycles. The summed E-state index contributed by atoms with van der Waals surface area (Å²) in [7, 11) is -4.13. The molecular formula is C7H15NO7Si. The van der Waals surface area contributed by atoms with Crippen LogP contribution in [0.15, 0.2) is 0 Å². The Morgan fingerprint density at radius 3 is 1.75 bits per heavy atom. The van der Waals surface area contributed by atoms with Gasteiger partial charge in [0.1, 0.15) is 0 Å². The highest BCUT2D eigenvalue weighted by Crippen LogP contribution is 2.03. The molecule has 8 nitrogen and oxygen atoms in total. The fraction of sp³-hybridized carbons (Fsp3) is 0.714. The number of nitrogens with zero attached hydrogens (tertiary/aromatic N) is 1. The summed E-state index contributed by atoms with van der Waals surface area (Å²) >= 11 is 0. The lowest BCUT2D eigenvalue weighted by atomic mass is 10.4. The number of carboxylic acids is 2. The number of rotatable bonds is 8. The lowest BCUT2D eigenvalue weighted by Crippen LogP contribution is -2.38. The first-order chi connectivity index (χ1) is 7.20. The molecule has 0 atom stereocenters. The van der Waals surface area contributed by atoms with Gasteiger partial charge in [0.2, 0.25) is 0 Å². The molecule has 0 aliphatic heterocycles. The van der Waals surface area contributed by atoms with Crippen molar-refractivity contribution < 1.29 is 34.2 Å². The van der Waals surface area contributed by atoms with Crippen molar-refractivity contribution in [1.29, 1.82) is 0 Å². The average molecular weight is 253 g/mol. The predicted octanol–water partition coefficient (Wildman–Crippen LogP) is -2.24. The van der Waals surface area contributed by atoms with E-state index in [1.165, 1.54) is 0 Å². The second-order valence-electron chi connectivity index (χ2n) is 3.38. The number of aliphatic carboxylic acids is 2. The van der Waals surface area contributed by atoms with Crippen molar-refractivity contribution in [3.63, 3.8) is 0 Å². The summed E-state index contributed by atoms with van der Waals surface area (Å²) in [6.45, 7) is -0.818. The Morgan fingerprint density at radius 2 is 1.44 bits per heavy atom. The zero-order valence-electron chi connectivity index (χ0n) is 8.54. The SMILES string of the molecule is O=C(O)CN(CCC[Si](O)(O)O)CC(=O)O. The molecule has 0 saturated carbocycles. The number of hydrogen-bond donors (Lipinski definition) is 5. The lowest BCUT2D eigenvalue weighted by molar-refractivity contribution is -0.141. The highest BCUT2D eigenvalue weighted by atomic mass is 28.4. The fourth-order valence-electron chi connectivity index (χ4n) is 1.14. The summed E-state index contributed by atoms with van der Waals surface area (Å²) in [5, 5.41) is 17.0. The molecule has 0 amide bonds. The normalized spacial score (nSPS) is 11.8. The van der Waals surface area contributed by atoms with Gasteiger partial charge >= 0.3 is 20.7 Å². The quantitative estimate of drug-likeness (QED) is 0.306. The standard InChI is InChI=1S/C7H15NO7Si/c9-6(10)4-8(5-7(11)12)2-1-3-16(13,14)15/h13-15H,1-5H2,(H,9,10)(H,11,12). The summed E-state index contributed by atoms with van der Waals surface area (Å²) < 4.78 is 0. The summed E-state index contributed by atoms with van der Waals surface area (Å²) in [6.07, 6.45) is 0.121. The minimum atomic E-state index is -4.13.